The lowest BCUT2D eigenvalue weighted by Gasteiger charge is -2.12. The van der Waals surface area contributed by atoms with E-state index < -0.39 is 92.3 Å². The highest BCUT2D eigenvalue weighted by atomic mass is 16.4. The molecule has 0 spiro atoms. The molecule has 0 heterocycles. The van der Waals surface area contributed by atoms with Gasteiger partial charge in [0.15, 0.2) is 0 Å². The Morgan fingerprint density at radius 1 is 0.231 bits per heavy atom. The zero-order valence-electron chi connectivity index (χ0n) is 25.8. The number of rotatable bonds is 8. The maximum absolute atomic E-state index is 11.6. The molecule has 0 saturated carbocycles. The van der Waals surface area contributed by atoms with Crippen molar-refractivity contribution < 1.29 is 79.2 Å². The summed E-state index contributed by atoms with van der Waals surface area (Å²) >= 11 is 0. The number of carbonyl (C=O) groups is 8. The van der Waals surface area contributed by atoms with Crippen LogP contribution in [0.3, 0.4) is 0 Å². The lowest BCUT2D eigenvalue weighted by atomic mass is 9.91. The first-order valence-electron chi connectivity index (χ1n) is 14.4. The minimum absolute atomic E-state index is 0.115. The van der Waals surface area contributed by atoms with Crippen LogP contribution in [-0.4, -0.2) is 88.6 Å². The van der Waals surface area contributed by atoms with Crippen molar-refractivity contribution in [1.82, 2.24) is 0 Å². The molecule has 16 nitrogen and oxygen atoms in total. The van der Waals surface area contributed by atoms with Crippen molar-refractivity contribution in [2.45, 2.75) is 0 Å². The Labute approximate surface area is 287 Å². The molecule has 0 atom stereocenters. The Morgan fingerprint density at radius 3 is 0.519 bits per heavy atom. The standard InChI is InChI=1S/2C18H10O8/c2*19-15(20)11-5-1-7-8-2-6-12(16(21)22)14(18(25)26)10(8)4-3-9(7)13(11)17(23)24/h2*1-6H,(H,19,20)(H,21,22)(H,23,24)(H,25,26). The topological polar surface area (TPSA) is 298 Å². The molecule has 8 N–H and O–H groups in total. The summed E-state index contributed by atoms with van der Waals surface area (Å²) in [5, 5.41) is 76.1. The van der Waals surface area contributed by atoms with Crippen LogP contribution in [0.5, 0.6) is 0 Å². The van der Waals surface area contributed by atoms with Crippen molar-refractivity contribution in [3.05, 3.63) is 117 Å². The SMILES string of the molecule is O=C(O)c1ccc2c(ccc3c(C(=O)O)c(C(=O)O)ccc32)c1C(=O)O.O=C(O)c1ccc2c(ccc3c(C(=O)O)c(C(=O)O)ccc32)c1C(=O)O. The van der Waals surface area contributed by atoms with Gasteiger partial charge in [0.25, 0.3) is 0 Å². The zero-order valence-corrected chi connectivity index (χ0v) is 25.8. The molecule has 260 valence electrons. The molecule has 6 rings (SSSR count). The predicted octanol–water partition coefficient (Wildman–Crippen LogP) is 5.57. The number of fused-ring (bicyclic) bond motifs is 6. The molecular weight excluding hydrogens is 688 g/mol. The molecule has 6 aromatic rings. The minimum Gasteiger partial charge on any atom is -0.478 e. The molecule has 52 heavy (non-hydrogen) atoms. The molecule has 0 unspecified atom stereocenters. The first kappa shape index (κ1) is 35.4. The molecule has 0 fully saturated rings. The Morgan fingerprint density at radius 2 is 0.385 bits per heavy atom. The molecule has 0 amide bonds. The van der Waals surface area contributed by atoms with Crippen LogP contribution in [0.2, 0.25) is 0 Å². The number of aromatic carboxylic acids is 8. The molecule has 0 aliphatic carbocycles. The van der Waals surface area contributed by atoms with Gasteiger partial charge in [0.1, 0.15) is 0 Å². The van der Waals surface area contributed by atoms with E-state index in [1.165, 1.54) is 48.5 Å². The second-order valence-electron chi connectivity index (χ2n) is 10.9. The summed E-state index contributed by atoms with van der Waals surface area (Å²) in [4.78, 5) is 91.4. The summed E-state index contributed by atoms with van der Waals surface area (Å²) in [7, 11) is 0. The van der Waals surface area contributed by atoms with Gasteiger partial charge in [-0.05, 0) is 67.4 Å². The third-order valence-corrected chi connectivity index (χ3v) is 8.17. The van der Waals surface area contributed by atoms with Crippen molar-refractivity contribution in [1.29, 1.82) is 0 Å². The van der Waals surface area contributed by atoms with E-state index in [-0.39, 0.29) is 21.5 Å². The van der Waals surface area contributed by atoms with Crippen molar-refractivity contribution in [3.8, 4) is 0 Å². The normalized spacial score (nSPS) is 10.8. The summed E-state index contributed by atoms with van der Waals surface area (Å²) in [5.74, 6) is -11.4. The summed E-state index contributed by atoms with van der Waals surface area (Å²) in [5.41, 5.74) is -3.27. The monoisotopic (exact) mass is 708 g/mol. The average molecular weight is 709 g/mol. The van der Waals surface area contributed by atoms with Gasteiger partial charge in [0.05, 0.1) is 44.5 Å². The summed E-state index contributed by atoms with van der Waals surface area (Å²) in [6, 6.07) is 15.1. The van der Waals surface area contributed by atoms with E-state index >= 15 is 0 Å². The molecule has 0 radical (unpaired) electrons. The van der Waals surface area contributed by atoms with E-state index in [9.17, 15) is 79.2 Å². The van der Waals surface area contributed by atoms with Crippen LogP contribution in [0.1, 0.15) is 82.9 Å². The second-order valence-corrected chi connectivity index (χ2v) is 10.9. The van der Waals surface area contributed by atoms with E-state index in [0.717, 1.165) is 24.3 Å². The van der Waals surface area contributed by atoms with Gasteiger partial charge in [-0.2, -0.15) is 0 Å². The van der Waals surface area contributed by atoms with Crippen LogP contribution in [0.25, 0.3) is 43.1 Å². The average Bonchev–Trinajstić information content (AvgIpc) is 3.08. The predicted molar refractivity (Wildman–Crippen MR) is 179 cm³/mol. The highest BCUT2D eigenvalue weighted by Gasteiger charge is 2.25. The van der Waals surface area contributed by atoms with Crippen LogP contribution >= 0.6 is 0 Å². The largest absolute Gasteiger partial charge is 0.478 e. The van der Waals surface area contributed by atoms with Gasteiger partial charge >= 0.3 is 47.8 Å². The highest BCUT2D eigenvalue weighted by molar-refractivity contribution is 6.23. The van der Waals surface area contributed by atoms with E-state index in [4.69, 9.17) is 0 Å². The van der Waals surface area contributed by atoms with Crippen LogP contribution in [0.15, 0.2) is 72.8 Å². The second kappa shape index (κ2) is 13.2. The molecule has 0 bridgehead atoms. The van der Waals surface area contributed by atoms with Crippen LogP contribution in [-0.2, 0) is 0 Å². The van der Waals surface area contributed by atoms with E-state index in [1.807, 2.05) is 0 Å². The molecule has 0 aromatic heterocycles. The molecule has 6 aromatic carbocycles. The molecule has 0 saturated heterocycles. The highest BCUT2D eigenvalue weighted by Crippen LogP contribution is 2.34. The third kappa shape index (κ3) is 5.87. The first-order chi connectivity index (χ1) is 24.5. The third-order valence-electron chi connectivity index (χ3n) is 8.17. The van der Waals surface area contributed by atoms with Gasteiger partial charge in [-0.3, -0.25) is 0 Å². The zero-order chi connectivity index (χ0) is 38.3. The fourth-order valence-corrected chi connectivity index (χ4v) is 6.08. The fraction of sp³-hybridized carbons (Fsp3) is 0. The maximum Gasteiger partial charge on any atom is 0.337 e. The molecule has 0 aliphatic heterocycles. The Balaban J connectivity index is 0.000000201. The summed E-state index contributed by atoms with van der Waals surface area (Å²) in [6.45, 7) is 0. The number of carboxylic acid groups (broad SMARTS) is 8. The number of hydrogen-bond acceptors (Lipinski definition) is 8. The van der Waals surface area contributed by atoms with Crippen molar-refractivity contribution in [2.75, 3.05) is 0 Å². The summed E-state index contributed by atoms with van der Waals surface area (Å²) in [6.07, 6.45) is 0. The van der Waals surface area contributed by atoms with Gasteiger partial charge in [-0.15, -0.1) is 0 Å². The fourth-order valence-electron chi connectivity index (χ4n) is 6.08. The van der Waals surface area contributed by atoms with Crippen LogP contribution < -0.4 is 0 Å². The molecule has 0 aliphatic rings. The van der Waals surface area contributed by atoms with E-state index in [0.29, 0.717) is 21.5 Å². The van der Waals surface area contributed by atoms with Gasteiger partial charge in [0.2, 0.25) is 0 Å². The number of hydrogen-bond donors (Lipinski definition) is 8. The van der Waals surface area contributed by atoms with Gasteiger partial charge in [0, 0.05) is 0 Å². The summed E-state index contributed by atoms with van der Waals surface area (Å²) < 4.78 is 0. The Bertz CT molecular complexity index is 2290. The number of benzene rings is 6. The van der Waals surface area contributed by atoms with Gasteiger partial charge in [-0.25, -0.2) is 38.4 Å². The number of carboxylic acids is 8. The van der Waals surface area contributed by atoms with Crippen molar-refractivity contribution >= 4 is 90.8 Å². The van der Waals surface area contributed by atoms with E-state index in [1.54, 1.807) is 0 Å². The van der Waals surface area contributed by atoms with Gasteiger partial charge in [-0.1, -0.05) is 48.5 Å². The smallest absolute Gasteiger partial charge is 0.337 e. The maximum atomic E-state index is 11.6. The minimum atomic E-state index is -1.44. The van der Waals surface area contributed by atoms with Gasteiger partial charge < -0.3 is 40.9 Å². The molecular formula is C36H20O16. The van der Waals surface area contributed by atoms with Crippen molar-refractivity contribution in [2.24, 2.45) is 0 Å². The Kier molecular flexibility index (Phi) is 8.99. The van der Waals surface area contributed by atoms with E-state index in [2.05, 4.69) is 0 Å². The quantitative estimate of drug-likeness (QED) is 0.0896. The molecule has 16 heteroatoms. The van der Waals surface area contributed by atoms with Crippen LogP contribution in [0.4, 0.5) is 0 Å². The lowest BCUT2D eigenvalue weighted by molar-refractivity contribution is 0.0653. The van der Waals surface area contributed by atoms with Crippen LogP contribution in [0, 0.1) is 0 Å². The lowest BCUT2D eigenvalue weighted by Crippen LogP contribution is -2.10. The Hall–Kier alpha value is -7.88. The first-order valence-corrected chi connectivity index (χ1v) is 14.4. The van der Waals surface area contributed by atoms with Crippen molar-refractivity contribution in [3.63, 3.8) is 0 Å².